The Morgan fingerprint density at radius 3 is 1.37 bits per heavy atom. The molecule has 164 valence electrons. The van der Waals surface area contributed by atoms with Gasteiger partial charge in [-0.05, 0) is 25.7 Å². The van der Waals surface area contributed by atoms with E-state index in [9.17, 15) is 13.5 Å². The van der Waals surface area contributed by atoms with Crippen LogP contribution in [0.15, 0.2) is 0 Å². The molecule has 0 rings (SSSR count). The maximum Gasteiger partial charge on any atom is 0.267 e. The molecule has 0 fully saturated rings. The van der Waals surface area contributed by atoms with E-state index in [1.54, 1.807) is 0 Å². The first-order valence-electron chi connectivity index (χ1n) is 11.6. The molecule has 0 radical (unpaired) electrons. The fourth-order valence-corrected chi connectivity index (χ4v) is 4.57. The fraction of sp³-hybridized carbons (Fsp3) is 1.00. The van der Waals surface area contributed by atoms with Crippen molar-refractivity contribution < 1.29 is 18.1 Å². The smallest absolute Gasteiger partial charge is 0.267 e. The van der Waals surface area contributed by atoms with Crippen LogP contribution in [-0.4, -0.2) is 29.4 Å². The lowest BCUT2D eigenvalue weighted by Gasteiger charge is -2.11. The maximum absolute atomic E-state index is 11.1. The quantitative estimate of drug-likeness (QED) is 0.175. The van der Waals surface area contributed by atoms with E-state index >= 15 is 0 Å². The molecule has 0 aliphatic rings. The van der Waals surface area contributed by atoms with Gasteiger partial charge in [-0.15, -0.1) is 0 Å². The summed E-state index contributed by atoms with van der Waals surface area (Å²) in [5, 5.41) is 9.43. The van der Waals surface area contributed by atoms with Crippen LogP contribution < -0.4 is 0 Å². The molecular weight excluding hydrogens is 360 g/mol. The van der Waals surface area contributed by atoms with Crippen LogP contribution in [0, 0.1) is 0 Å². The lowest BCUT2D eigenvalue weighted by Crippen LogP contribution is -2.19. The first kappa shape index (κ1) is 26.9. The average Bonchev–Trinajstić information content (AvgIpc) is 2.61. The van der Waals surface area contributed by atoms with Crippen molar-refractivity contribution in [2.45, 2.75) is 141 Å². The normalized spacial score (nSPS) is 14.4. The highest BCUT2D eigenvalue weighted by Crippen LogP contribution is 2.17. The Labute approximate surface area is 169 Å². The van der Waals surface area contributed by atoms with Crippen molar-refractivity contribution in [2.24, 2.45) is 0 Å². The van der Waals surface area contributed by atoms with E-state index < -0.39 is 15.4 Å². The van der Waals surface area contributed by atoms with Crippen molar-refractivity contribution in [1.82, 2.24) is 0 Å². The van der Waals surface area contributed by atoms with Gasteiger partial charge >= 0.3 is 0 Å². The van der Waals surface area contributed by atoms with Crippen LogP contribution in [0.5, 0.6) is 0 Å². The Morgan fingerprint density at radius 1 is 0.630 bits per heavy atom. The minimum Gasteiger partial charge on any atom is -0.393 e. The molecule has 0 spiro atoms. The Bertz CT molecular complexity index is 409. The van der Waals surface area contributed by atoms with Gasteiger partial charge in [0.1, 0.15) is 0 Å². The van der Waals surface area contributed by atoms with Crippen LogP contribution in [0.1, 0.15) is 129 Å². The predicted octanol–water partition coefficient (Wildman–Crippen LogP) is 6.67. The second kappa shape index (κ2) is 17.9. The number of aliphatic hydroxyl groups is 1. The summed E-state index contributed by atoms with van der Waals surface area (Å²) in [6.07, 6.45) is 19.6. The molecule has 0 aliphatic carbocycles. The Kier molecular flexibility index (Phi) is 17.8. The van der Waals surface area contributed by atoms with Crippen molar-refractivity contribution >= 4 is 10.1 Å². The van der Waals surface area contributed by atoms with Gasteiger partial charge in [0.25, 0.3) is 10.1 Å². The van der Waals surface area contributed by atoms with Gasteiger partial charge < -0.3 is 5.11 Å². The summed E-state index contributed by atoms with van der Waals surface area (Å²) < 4.78 is 31.3. The number of hydrogen-bond acceptors (Lipinski definition) is 3. The molecule has 0 aromatic rings. The van der Waals surface area contributed by atoms with Gasteiger partial charge in [-0.1, -0.05) is 104 Å². The third-order valence-corrected chi connectivity index (χ3v) is 6.99. The Hall–Kier alpha value is -0.130. The van der Waals surface area contributed by atoms with Crippen molar-refractivity contribution in [2.75, 3.05) is 0 Å². The van der Waals surface area contributed by atoms with Crippen LogP contribution in [0.2, 0.25) is 0 Å². The zero-order valence-electron chi connectivity index (χ0n) is 18.0. The Balaban J connectivity index is 3.35. The molecule has 2 atom stereocenters. The largest absolute Gasteiger partial charge is 0.393 e. The number of rotatable bonds is 20. The number of aliphatic hydroxyl groups excluding tert-OH is 1. The van der Waals surface area contributed by atoms with Gasteiger partial charge in [-0.3, -0.25) is 4.55 Å². The van der Waals surface area contributed by atoms with Crippen LogP contribution >= 0.6 is 0 Å². The van der Waals surface area contributed by atoms with Crippen molar-refractivity contribution in [1.29, 1.82) is 0 Å². The van der Waals surface area contributed by atoms with Crippen LogP contribution in [0.25, 0.3) is 0 Å². The molecule has 0 aliphatic heterocycles. The van der Waals surface area contributed by atoms with Crippen molar-refractivity contribution in [3.8, 4) is 0 Å². The lowest BCUT2D eigenvalue weighted by molar-refractivity contribution is 0.147. The zero-order valence-corrected chi connectivity index (χ0v) is 18.8. The van der Waals surface area contributed by atoms with Gasteiger partial charge in [0.15, 0.2) is 0 Å². The second-order valence-electron chi connectivity index (χ2n) is 8.16. The van der Waals surface area contributed by atoms with Gasteiger partial charge in [0.05, 0.1) is 11.4 Å². The fourth-order valence-electron chi connectivity index (χ4n) is 3.68. The van der Waals surface area contributed by atoms with E-state index in [0.29, 0.717) is 12.8 Å². The van der Waals surface area contributed by atoms with E-state index in [-0.39, 0.29) is 6.10 Å². The highest BCUT2D eigenvalue weighted by Gasteiger charge is 2.19. The van der Waals surface area contributed by atoms with E-state index in [4.69, 9.17) is 4.55 Å². The lowest BCUT2D eigenvalue weighted by atomic mass is 10.0. The van der Waals surface area contributed by atoms with E-state index in [1.165, 1.54) is 64.2 Å². The van der Waals surface area contributed by atoms with Gasteiger partial charge in [0, 0.05) is 0 Å². The minimum atomic E-state index is -3.86. The average molecular weight is 407 g/mol. The number of unbranched alkanes of at least 4 members (excludes halogenated alkanes) is 12. The topological polar surface area (TPSA) is 74.6 Å². The predicted molar refractivity (Wildman–Crippen MR) is 116 cm³/mol. The molecule has 0 amide bonds. The second-order valence-corrected chi connectivity index (χ2v) is 9.86. The summed E-state index contributed by atoms with van der Waals surface area (Å²) in [6, 6.07) is 0. The SMILES string of the molecule is CCCCCCCCC(O)CCCCCCCCCCC(CC)S(=O)(=O)O. The van der Waals surface area contributed by atoms with E-state index in [0.717, 1.165) is 38.5 Å². The molecule has 2 unspecified atom stereocenters. The highest BCUT2D eigenvalue weighted by molar-refractivity contribution is 7.86. The summed E-state index contributed by atoms with van der Waals surface area (Å²) in [4.78, 5) is 0. The molecule has 0 aromatic heterocycles. The molecule has 0 saturated carbocycles. The summed E-state index contributed by atoms with van der Waals surface area (Å²) >= 11 is 0. The summed E-state index contributed by atoms with van der Waals surface area (Å²) in [5.41, 5.74) is 0. The zero-order chi connectivity index (χ0) is 20.4. The van der Waals surface area contributed by atoms with E-state index in [1.807, 2.05) is 6.92 Å². The Morgan fingerprint density at radius 2 is 1.00 bits per heavy atom. The van der Waals surface area contributed by atoms with Crippen LogP contribution in [0.3, 0.4) is 0 Å². The molecule has 0 bridgehead atoms. The molecule has 0 saturated heterocycles. The summed E-state index contributed by atoms with van der Waals surface area (Å²) in [7, 11) is -3.86. The number of hydrogen-bond donors (Lipinski definition) is 2. The molecule has 2 N–H and O–H groups in total. The summed E-state index contributed by atoms with van der Waals surface area (Å²) in [6.45, 7) is 4.04. The van der Waals surface area contributed by atoms with Crippen molar-refractivity contribution in [3.05, 3.63) is 0 Å². The molecule has 5 heteroatoms. The standard InChI is InChI=1S/C22H46O4S/c1-3-5-6-7-12-15-18-21(23)19-16-13-10-8-9-11-14-17-20-22(4-2)27(24,25)26/h21-23H,3-20H2,1-2H3,(H,24,25,26). The van der Waals surface area contributed by atoms with Crippen LogP contribution in [-0.2, 0) is 10.1 Å². The molecule has 0 aromatic carbocycles. The molecule has 27 heavy (non-hydrogen) atoms. The molecule has 0 heterocycles. The first-order valence-corrected chi connectivity index (χ1v) is 13.1. The highest BCUT2D eigenvalue weighted by atomic mass is 32.2. The monoisotopic (exact) mass is 406 g/mol. The molecule has 4 nitrogen and oxygen atoms in total. The minimum absolute atomic E-state index is 0.106. The third kappa shape index (κ3) is 17.7. The molecular formula is C22H46O4S. The summed E-state index contributed by atoms with van der Waals surface area (Å²) in [5.74, 6) is 0. The van der Waals surface area contributed by atoms with Gasteiger partial charge in [-0.25, -0.2) is 0 Å². The first-order chi connectivity index (χ1) is 12.9. The van der Waals surface area contributed by atoms with Crippen LogP contribution in [0.4, 0.5) is 0 Å². The van der Waals surface area contributed by atoms with Gasteiger partial charge in [0.2, 0.25) is 0 Å². The third-order valence-electron chi connectivity index (χ3n) is 5.58. The van der Waals surface area contributed by atoms with Crippen molar-refractivity contribution in [3.63, 3.8) is 0 Å². The van der Waals surface area contributed by atoms with Gasteiger partial charge in [-0.2, -0.15) is 8.42 Å². The maximum atomic E-state index is 11.1. The van der Waals surface area contributed by atoms with E-state index in [2.05, 4.69) is 6.92 Å².